The molecular formula is C24H37N3O4Si. The highest BCUT2D eigenvalue weighted by molar-refractivity contribution is 6.76. The Balaban J connectivity index is 1.39. The molecule has 0 aliphatic carbocycles. The molecule has 1 aromatic heterocycles. The van der Waals surface area contributed by atoms with Gasteiger partial charge in [-0.2, -0.15) is 5.10 Å². The van der Waals surface area contributed by atoms with Crippen LogP contribution in [0.1, 0.15) is 42.2 Å². The van der Waals surface area contributed by atoms with E-state index in [1.54, 1.807) is 11.1 Å². The van der Waals surface area contributed by atoms with Crippen LogP contribution in [-0.2, 0) is 22.7 Å². The predicted octanol–water partition coefficient (Wildman–Crippen LogP) is 4.74. The van der Waals surface area contributed by atoms with Crippen molar-refractivity contribution in [3.8, 4) is 0 Å². The van der Waals surface area contributed by atoms with Crippen LogP contribution in [0.2, 0.25) is 25.7 Å². The fourth-order valence-corrected chi connectivity index (χ4v) is 4.64. The zero-order chi connectivity index (χ0) is 23.0. The Morgan fingerprint density at radius 3 is 2.62 bits per heavy atom. The van der Waals surface area contributed by atoms with Gasteiger partial charge >= 0.3 is 6.09 Å². The minimum absolute atomic E-state index is 0.263. The first-order chi connectivity index (χ1) is 15.3. The summed E-state index contributed by atoms with van der Waals surface area (Å²) in [5.41, 5.74) is 2.66. The number of benzene rings is 1. The van der Waals surface area contributed by atoms with Crippen LogP contribution < -0.4 is 0 Å². The number of hydrogen-bond donors (Lipinski definition) is 2. The number of aromatic nitrogens is 2. The summed E-state index contributed by atoms with van der Waals surface area (Å²) in [7, 11) is -1.12. The molecule has 0 radical (unpaired) electrons. The van der Waals surface area contributed by atoms with E-state index in [4.69, 9.17) is 9.47 Å². The highest BCUT2D eigenvalue weighted by Gasteiger charge is 2.27. The second kappa shape index (κ2) is 11.6. The van der Waals surface area contributed by atoms with Gasteiger partial charge in [-0.3, -0.25) is 5.10 Å². The third-order valence-electron chi connectivity index (χ3n) is 5.99. The first-order valence-corrected chi connectivity index (χ1v) is 15.3. The molecule has 2 N–H and O–H groups in total. The van der Waals surface area contributed by atoms with Crippen LogP contribution >= 0.6 is 0 Å². The number of piperidine rings is 1. The van der Waals surface area contributed by atoms with E-state index in [2.05, 4.69) is 29.8 Å². The van der Waals surface area contributed by atoms with Crippen molar-refractivity contribution in [2.45, 2.75) is 64.3 Å². The van der Waals surface area contributed by atoms with Gasteiger partial charge in [-0.1, -0.05) is 50.0 Å². The minimum Gasteiger partial charge on any atom is -0.445 e. The molecule has 1 amide bonds. The topological polar surface area (TPSA) is 87.7 Å². The predicted molar refractivity (Wildman–Crippen MR) is 127 cm³/mol. The molecule has 0 spiro atoms. The molecule has 1 saturated heterocycles. The number of ether oxygens (including phenoxy) is 2. The third kappa shape index (κ3) is 7.76. The number of amides is 1. The van der Waals surface area contributed by atoms with Gasteiger partial charge in [0.25, 0.3) is 0 Å². The van der Waals surface area contributed by atoms with Gasteiger partial charge in [-0.05, 0) is 36.8 Å². The summed E-state index contributed by atoms with van der Waals surface area (Å²) in [6, 6.07) is 10.8. The Bertz CT molecular complexity index is 829. The molecule has 176 valence electrons. The van der Waals surface area contributed by atoms with Crippen molar-refractivity contribution in [2.75, 3.05) is 19.7 Å². The van der Waals surface area contributed by atoms with Gasteiger partial charge in [0.2, 0.25) is 0 Å². The summed E-state index contributed by atoms with van der Waals surface area (Å²) in [5, 5.41) is 17.9. The number of carbonyl (C=O) groups excluding carboxylic acids is 1. The number of rotatable bonds is 10. The summed E-state index contributed by atoms with van der Waals surface area (Å²) < 4.78 is 11.3. The van der Waals surface area contributed by atoms with Gasteiger partial charge in [-0.15, -0.1) is 0 Å². The van der Waals surface area contributed by atoms with Crippen LogP contribution in [0.5, 0.6) is 0 Å². The van der Waals surface area contributed by atoms with E-state index in [0.717, 1.165) is 42.3 Å². The number of nitrogens with zero attached hydrogens (tertiary/aromatic N) is 2. The van der Waals surface area contributed by atoms with Crippen LogP contribution in [-0.4, -0.2) is 54.1 Å². The maximum Gasteiger partial charge on any atom is 0.410 e. The number of aliphatic hydroxyl groups is 1. The van der Waals surface area contributed by atoms with Crippen molar-refractivity contribution in [3.63, 3.8) is 0 Å². The van der Waals surface area contributed by atoms with E-state index in [9.17, 15) is 9.90 Å². The van der Waals surface area contributed by atoms with Gasteiger partial charge in [-0.25, -0.2) is 4.79 Å². The summed E-state index contributed by atoms with van der Waals surface area (Å²) in [4.78, 5) is 14.1. The van der Waals surface area contributed by atoms with Crippen molar-refractivity contribution in [3.05, 3.63) is 53.3 Å². The molecule has 1 aliphatic rings. The summed E-state index contributed by atoms with van der Waals surface area (Å²) in [6.45, 7) is 9.78. The molecule has 0 bridgehead atoms. The van der Waals surface area contributed by atoms with Crippen molar-refractivity contribution in [1.29, 1.82) is 0 Å². The van der Waals surface area contributed by atoms with E-state index in [0.29, 0.717) is 38.6 Å². The standard InChI is InChI=1S/C24H37N3O4Si/c1-32(2,3)14-13-30-18-22-21(16-25-26-22)23(28)15-19-9-11-27(12-10-19)24(29)31-17-20-7-5-4-6-8-20/h4-8,16,19,23,28H,9-15,17-18H2,1-3H3,(H,25,26)/t23-/m1/s1. The van der Waals surface area contributed by atoms with Gasteiger partial charge in [0.1, 0.15) is 6.61 Å². The van der Waals surface area contributed by atoms with Gasteiger partial charge in [0, 0.05) is 33.3 Å². The smallest absolute Gasteiger partial charge is 0.410 e. The Kier molecular flexibility index (Phi) is 8.90. The van der Waals surface area contributed by atoms with Crippen LogP contribution in [0.25, 0.3) is 0 Å². The molecule has 2 aromatic rings. The molecular weight excluding hydrogens is 422 g/mol. The van der Waals surface area contributed by atoms with Gasteiger partial charge in [0.15, 0.2) is 0 Å². The van der Waals surface area contributed by atoms with Gasteiger partial charge < -0.3 is 19.5 Å². The monoisotopic (exact) mass is 459 g/mol. The average Bonchev–Trinajstić information content (AvgIpc) is 3.24. The summed E-state index contributed by atoms with van der Waals surface area (Å²) in [6.07, 6.45) is 3.24. The van der Waals surface area contributed by atoms with Crippen molar-refractivity contribution in [1.82, 2.24) is 15.1 Å². The zero-order valence-electron chi connectivity index (χ0n) is 19.5. The lowest BCUT2D eigenvalue weighted by Crippen LogP contribution is -2.39. The number of aliphatic hydroxyl groups excluding tert-OH is 1. The lowest BCUT2D eigenvalue weighted by atomic mass is 9.89. The molecule has 1 fully saturated rings. The van der Waals surface area contributed by atoms with Crippen molar-refractivity contribution < 1.29 is 19.4 Å². The molecule has 8 heteroatoms. The lowest BCUT2D eigenvalue weighted by Gasteiger charge is -2.32. The Hall–Kier alpha value is -2.16. The first-order valence-electron chi connectivity index (χ1n) is 11.6. The number of carbonyl (C=O) groups is 1. The molecule has 1 aliphatic heterocycles. The molecule has 3 rings (SSSR count). The zero-order valence-corrected chi connectivity index (χ0v) is 20.5. The highest BCUT2D eigenvalue weighted by atomic mass is 28.3. The molecule has 1 atom stereocenters. The maximum absolute atomic E-state index is 12.3. The maximum atomic E-state index is 12.3. The normalized spacial score (nSPS) is 16.2. The first kappa shape index (κ1) is 24.5. The van der Waals surface area contributed by atoms with E-state index in [-0.39, 0.29) is 6.09 Å². The second-order valence-corrected chi connectivity index (χ2v) is 15.5. The van der Waals surface area contributed by atoms with Crippen LogP contribution in [0, 0.1) is 5.92 Å². The second-order valence-electron chi connectivity index (χ2n) is 9.89. The van der Waals surface area contributed by atoms with Crippen molar-refractivity contribution in [2.24, 2.45) is 5.92 Å². The van der Waals surface area contributed by atoms with E-state index >= 15 is 0 Å². The van der Waals surface area contributed by atoms with Gasteiger partial charge in [0.05, 0.1) is 24.6 Å². The number of aromatic amines is 1. The largest absolute Gasteiger partial charge is 0.445 e. The SMILES string of the molecule is C[Si](C)(C)CCOCc1[nH]ncc1[C@H](O)CC1CCN(C(=O)OCc2ccccc2)CC1. The third-order valence-corrected chi connectivity index (χ3v) is 7.69. The average molecular weight is 460 g/mol. The van der Waals surface area contributed by atoms with Crippen LogP contribution in [0.3, 0.4) is 0 Å². The molecule has 32 heavy (non-hydrogen) atoms. The molecule has 7 nitrogen and oxygen atoms in total. The number of hydrogen-bond acceptors (Lipinski definition) is 5. The minimum atomic E-state index is -1.12. The van der Waals surface area contributed by atoms with Crippen LogP contribution in [0.15, 0.2) is 36.5 Å². The van der Waals surface area contributed by atoms with E-state index in [1.165, 1.54) is 0 Å². The Morgan fingerprint density at radius 1 is 1.22 bits per heavy atom. The lowest BCUT2D eigenvalue weighted by molar-refractivity contribution is 0.0711. The summed E-state index contributed by atoms with van der Waals surface area (Å²) in [5.74, 6) is 0.360. The van der Waals surface area contributed by atoms with Crippen molar-refractivity contribution >= 4 is 14.2 Å². The molecule has 1 aromatic carbocycles. The Labute approximate surface area is 192 Å². The fraction of sp³-hybridized carbons (Fsp3) is 0.583. The Morgan fingerprint density at radius 2 is 1.94 bits per heavy atom. The highest BCUT2D eigenvalue weighted by Crippen LogP contribution is 2.30. The molecule has 0 unspecified atom stereocenters. The number of likely N-dealkylation sites (tertiary alicyclic amines) is 1. The molecule has 2 heterocycles. The number of nitrogens with one attached hydrogen (secondary N) is 1. The number of H-pyrrole nitrogens is 1. The fourth-order valence-electron chi connectivity index (χ4n) is 3.88. The summed E-state index contributed by atoms with van der Waals surface area (Å²) >= 11 is 0. The quantitative estimate of drug-likeness (QED) is 0.396. The van der Waals surface area contributed by atoms with E-state index < -0.39 is 14.2 Å². The van der Waals surface area contributed by atoms with Crippen LogP contribution in [0.4, 0.5) is 4.79 Å². The van der Waals surface area contributed by atoms with E-state index in [1.807, 2.05) is 30.3 Å². The molecule has 0 saturated carbocycles.